The van der Waals surface area contributed by atoms with Crippen LogP contribution < -0.4 is 5.32 Å². The van der Waals surface area contributed by atoms with E-state index in [9.17, 15) is 9.18 Å². The van der Waals surface area contributed by atoms with Gasteiger partial charge in [0.1, 0.15) is 11.5 Å². The van der Waals surface area contributed by atoms with Gasteiger partial charge < -0.3 is 19.9 Å². The summed E-state index contributed by atoms with van der Waals surface area (Å²) in [5.41, 5.74) is 2.34. The molecule has 11 heteroatoms. The summed E-state index contributed by atoms with van der Waals surface area (Å²) in [6.07, 6.45) is 7.40. The smallest absolute Gasteiger partial charge is 0.228 e. The highest BCUT2D eigenvalue weighted by molar-refractivity contribution is 5.73. The van der Waals surface area contributed by atoms with Crippen LogP contribution in [0, 0.1) is 5.82 Å². The van der Waals surface area contributed by atoms with Crippen molar-refractivity contribution in [1.29, 1.82) is 0 Å². The quantitative estimate of drug-likeness (QED) is 0.521. The van der Waals surface area contributed by atoms with E-state index in [4.69, 9.17) is 4.74 Å². The molecule has 0 aliphatic carbocycles. The largest absolute Gasteiger partial charge is 0.378 e. The molecular weight excluding hydrogens is 475 g/mol. The summed E-state index contributed by atoms with van der Waals surface area (Å²) in [4.78, 5) is 36.7. The molecule has 10 nitrogen and oxygen atoms in total. The number of carbonyl (C=O) groups excluding carboxylic acids is 1. The Kier molecular flexibility index (Phi) is 7.71. The van der Waals surface area contributed by atoms with Gasteiger partial charge in [0, 0.05) is 52.2 Å². The van der Waals surface area contributed by atoms with Crippen molar-refractivity contribution in [1.82, 2.24) is 34.7 Å². The van der Waals surface area contributed by atoms with Gasteiger partial charge in [0.25, 0.3) is 0 Å². The molecule has 2 aliphatic rings. The number of halogens is 1. The molecule has 0 radical (unpaired) electrons. The van der Waals surface area contributed by atoms with Crippen LogP contribution in [0.2, 0.25) is 0 Å². The number of hydrogen-bond donors (Lipinski definition) is 2. The molecule has 5 rings (SSSR count). The zero-order chi connectivity index (χ0) is 25.8. The van der Waals surface area contributed by atoms with Crippen LogP contribution in [0.15, 0.2) is 30.7 Å². The van der Waals surface area contributed by atoms with Crippen LogP contribution in [0.1, 0.15) is 50.5 Å². The topological polar surface area (TPSA) is 112 Å². The van der Waals surface area contributed by atoms with Crippen LogP contribution in [-0.2, 0) is 16.1 Å². The molecule has 2 fully saturated rings. The number of carbonyl (C=O) groups is 1. The van der Waals surface area contributed by atoms with Crippen LogP contribution in [0.3, 0.4) is 0 Å². The van der Waals surface area contributed by atoms with Gasteiger partial charge in [-0.25, -0.2) is 19.3 Å². The number of amides is 1. The van der Waals surface area contributed by atoms with Gasteiger partial charge in [-0.05, 0) is 38.3 Å². The van der Waals surface area contributed by atoms with Gasteiger partial charge in [-0.1, -0.05) is 0 Å². The van der Waals surface area contributed by atoms with E-state index in [2.05, 4.69) is 42.1 Å². The van der Waals surface area contributed by atoms with Crippen LogP contribution in [-0.4, -0.2) is 79.5 Å². The maximum absolute atomic E-state index is 14.6. The third kappa shape index (κ3) is 6.28. The molecular formula is C26H33FN8O2. The molecule has 37 heavy (non-hydrogen) atoms. The second-order valence-corrected chi connectivity index (χ2v) is 9.77. The van der Waals surface area contributed by atoms with Gasteiger partial charge >= 0.3 is 0 Å². The summed E-state index contributed by atoms with van der Waals surface area (Å²) in [6, 6.07) is 3.87. The fourth-order valence-corrected chi connectivity index (χ4v) is 4.92. The molecule has 2 saturated heterocycles. The van der Waals surface area contributed by atoms with Crippen LogP contribution in [0.5, 0.6) is 0 Å². The van der Waals surface area contributed by atoms with Crippen LogP contribution >= 0.6 is 0 Å². The highest BCUT2D eigenvalue weighted by atomic mass is 19.1. The van der Waals surface area contributed by atoms with Crippen molar-refractivity contribution < 1.29 is 13.9 Å². The highest BCUT2D eigenvalue weighted by Gasteiger charge is 2.24. The van der Waals surface area contributed by atoms with E-state index in [0.717, 1.165) is 69.7 Å². The molecule has 2 aliphatic heterocycles. The summed E-state index contributed by atoms with van der Waals surface area (Å²) in [6.45, 7) is 8.39. The molecule has 3 aromatic heterocycles. The predicted octanol–water partition coefficient (Wildman–Crippen LogP) is 3.48. The molecule has 3 aromatic rings. The molecule has 0 bridgehead atoms. The van der Waals surface area contributed by atoms with Gasteiger partial charge in [0.05, 0.1) is 41.8 Å². The zero-order valence-electron chi connectivity index (χ0n) is 21.3. The lowest BCUT2D eigenvalue weighted by Crippen LogP contribution is -2.33. The summed E-state index contributed by atoms with van der Waals surface area (Å²) in [5, 5.41) is 3.12. The molecule has 0 aromatic carbocycles. The lowest BCUT2D eigenvalue weighted by Gasteiger charge is -2.25. The minimum Gasteiger partial charge on any atom is -0.378 e. The number of imidazole rings is 1. The fraction of sp³-hybridized carbons (Fsp3) is 0.500. The number of rotatable bonds is 6. The van der Waals surface area contributed by atoms with Crippen molar-refractivity contribution in [2.45, 2.75) is 51.7 Å². The summed E-state index contributed by atoms with van der Waals surface area (Å²) >= 11 is 0. The predicted molar refractivity (Wildman–Crippen MR) is 137 cm³/mol. The Morgan fingerprint density at radius 2 is 2.05 bits per heavy atom. The molecule has 0 spiro atoms. The van der Waals surface area contributed by atoms with E-state index < -0.39 is 5.82 Å². The van der Waals surface area contributed by atoms with Gasteiger partial charge in [0.15, 0.2) is 5.82 Å². The fourth-order valence-electron chi connectivity index (χ4n) is 4.92. The lowest BCUT2D eigenvalue weighted by atomic mass is 9.96. The molecule has 5 heterocycles. The van der Waals surface area contributed by atoms with Gasteiger partial charge in [-0.3, -0.25) is 14.7 Å². The van der Waals surface area contributed by atoms with Crippen molar-refractivity contribution >= 4 is 17.5 Å². The monoisotopic (exact) mass is 508 g/mol. The maximum atomic E-state index is 14.6. The number of nitrogens with zero attached hydrogens (tertiary/aromatic N) is 6. The molecule has 2 unspecified atom stereocenters. The first-order valence-electron chi connectivity index (χ1n) is 12.8. The minimum atomic E-state index is -0.518. The normalized spacial score (nSPS) is 21.0. The number of ether oxygens (including phenoxy) is 1. The second-order valence-electron chi connectivity index (χ2n) is 9.77. The Labute approximate surface area is 215 Å². The second kappa shape index (κ2) is 11.3. The van der Waals surface area contributed by atoms with Crippen molar-refractivity contribution in [3.8, 4) is 11.4 Å². The van der Waals surface area contributed by atoms with Gasteiger partial charge in [-0.2, -0.15) is 0 Å². The van der Waals surface area contributed by atoms with E-state index >= 15 is 0 Å². The molecule has 2 atom stereocenters. The van der Waals surface area contributed by atoms with Gasteiger partial charge in [0.2, 0.25) is 11.9 Å². The first kappa shape index (κ1) is 25.2. The Bertz CT molecular complexity index is 1220. The molecule has 0 saturated carbocycles. The molecule has 1 amide bonds. The maximum Gasteiger partial charge on any atom is 0.228 e. The van der Waals surface area contributed by atoms with Crippen LogP contribution in [0.4, 0.5) is 16.0 Å². The first-order chi connectivity index (χ1) is 17.9. The Morgan fingerprint density at radius 1 is 1.16 bits per heavy atom. The van der Waals surface area contributed by atoms with Crippen molar-refractivity contribution in [2.75, 3.05) is 38.1 Å². The van der Waals surface area contributed by atoms with Gasteiger partial charge in [-0.15, -0.1) is 0 Å². The zero-order valence-corrected chi connectivity index (χ0v) is 21.3. The van der Waals surface area contributed by atoms with Crippen LogP contribution in [0.25, 0.3) is 11.4 Å². The van der Waals surface area contributed by atoms with E-state index in [1.165, 1.54) is 0 Å². The number of nitrogens with one attached hydrogen (secondary N) is 2. The average Bonchev–Trinajstić information content (AvgIpc) is 3.26. The standard InChI is InChI=1S/C26H33FN8O2/c1-17-12-19(6-11-37-17)25-29-15-23(32-25)24-22(27)14-30-26(33-24)31-20-4-5-21(28-13-20)16-34-7-3-8-35(10-9-34)18(2)36/h4-5,13-15,17,19H,3,6-12,16H2,1-2H3,(H,29,32)(H,30,31,33). The van der Waals surface area contributed by atoms with Crippen molar-refractivity contribution in [2.24, 2.45) is 0 Å². The molecule has 2 N–H and O–H groups in total. The van der Waals surface area contributed by atoms with E-state index in [0.29, 0.717) is 18.0 Å². The highest BCUT2D eigenvalue weighted by Crippen LogP contribution is 2.30. The Balaban J connectivity index is 1.22. The number of anilines is 2. The number of pyridine rings is 1. The lowest BCUT2D eigenvalue weighted by molar-refractivity contribution is -0.128. The average molecular weight is 509 g/mol. The summed E-state index contributed by atoms with van der Waals surface area (Å²) in [5.74, 6) is 0.973. The van der Waals surface area contributed by atoms with Crippen molar-refractivity contribution in [3.63, 3.8) is 0 Å². The Morgan fingerprint density at radius 3 is 2.84 bits per heavy atom. The molecule has 196 valence electrons. The number of aromatic amines is 1. The number of H-pyrrole nitrogens is 1. The van der Waals surface area contributed by atoms with E-state index in [1.807, 2.05) is 17.0 Å². The van der Waals surface area contributed by atoms with E-state index in [1.54, 1.807) is 19.3 Å². The number of hydrogen-bond acceptors (Lipinski definition) is 8. The number of aromatic nitrogens is 5. The minimum absolute atomic E-state index is 0.128. The first-order valence-corrected chi connectivity index (χ1v) is 12.8. The third-order valence-corrected chi connectivity index (χ3v) is 6.97. The van der Waals surface area contributed by atoms with E-state index in [-0.39, 0.29) is 29.6 Å². The SMILES string of the molecule is CC(=O)N1CCCN(Cc2ccc(Nc3ncc(F)c(-c4cnc(C5CCOC(C)C5)[nH]4)n3)cn2)CC1. The third-order valence-electron chi connectivity index (χ3n) is 6.97. The van der Waals surface area contributed by atoms with Crippen molar-refractivity contribution in [3.05, 3.63) is 48.1 Å². The summed E-state index contributed by atoms with van der Waals surface area (Å²) < 4.78 is 20.2. The Hall–Kier alpha value is -3.44. The summed E-state index contributed by atoms with van der Waals surface area (Å²) in [7, 11) is 0.